The van der Waals surface area contributed by atoms with Crippen molar-refractivity contribution in [2.75, 3.05) is 25.2 Å². The van der Waals surface area contributed by atoms with Gasteiger partial charge in [-0.2, -0.15) is 4.98 Å². The summed E-state index contributed by atoms with van der Waals surface area (Å²) in [5.41, 5.74) is -0.127. The van der Waals surface area contributed by atoms with E-state index in [9.17, 15) is 10.1 Å². The fraction of sp³-hybridized carbons (Fsp3) is 0.667. The van der Waals surface area contributed by atoms with E-state index >= 15 is 0 Å². The van der Waals surface area contributed by atoms with Gasteiger partial charge in [-0.05, 0) is 37.3 Å². The predicted molar refractivity (Wildman–Crippen MR) is 75.1 cm³/mol. The van der Waals surface area contributed by atoms with Crippen molar-refractivity contribution in [3.63, 3.8) is 0 Å². The quantitative estimate of drug-likeness (QED) is 0.436. The highest BCUT2D eigenvalue weighted by Crippen LogP contribution is 2.38. The molecule has 0 bridgehead atoms. The maximum absolute atomic E-state index is 11.1. The SMILES string of the molecule is COCCN(c1nc(Cl)ncc1[N+](=O)[O-])C(C)C1CC1. The Balaban J connectivity index is 2.35. The van der Waals surface area contributed by atoms with Gasteiger partial charge < -0.3 is 9.64 Å². The molecule has 2 rings (SSSR count). The van der Waals surface area contributed by atoms with Gasteiger partial charge in [0.15, 0.2) is 0 Å². The lowest BCUT2D eigenvalue weighted by atomic mass is 10.2. The zero-order valence-electron chi connectivity index (χ0n) is 11.5. The molecule has 1 heterocycles. The van der Waals surface area contributed by atoms with Gasteiger partial charge in [0, 0.05) is 19.7 Å². The highest BCUT2D eigenvalue weighted by Gasteiger charge is 2.35. The average Bonchev–Trinajstić information content (AvgIpc) is 3.23. The van der Waals surface area contributed by atoms with Crippen LogP contribution < -0.4 is 4.90 Å². The number of rotatable bonds is 7. The van der Waals surface area contributed by atoms with E-state index in [4.69, 9.17) is 16.3 Å². The summed E-state index contributed by atoms with van der Waals surface area (Å²) in [4.78, 5) is 20.3. The van der Waals surface area contributed by atoms with Gasteiger partial charge in [0.2, 0.25) is 11.1 Å². The Labute approximate surface area is 122 Å². The number of hydrogen-bond donors (Lipinski definition) is 0. The van der Waals surface area contributed by atoms with E-state index in [2.05, 4.69) is 9.97 Å². The van der Waals surface area contributed by atoms with Gasteiger partial charge in [0.25, 0.3) is 0 Å². The Morgan fingerprint density at radius 2 is 2.35 bits per heavy atom. The molecule has 0 aliphatic heterocycles. The highest BCUT2D eigenvalue weighted by atomic mass is 35.5. The molecule has 7 nitrogen and oxygen atoms in total. The molecule has 0 amide bonds. The van der Waals surface area contributed by atoms with Crippen molar-refractivity contribution in [1.82, 2.24) is 9.97 Å². The molecule has 1 saturated carbocycles. The molecule has 1 aliphatic carbocycles. The summed E-state index contributed by atoms with van der Waals surface area (Å²) < 4.78 is 5.09. The number of nitrogens with zero attached hydrogens (tertiary/aromatic N) is 4. The number of nitro groups is 1. The zero-order chi connectivity index (χ0) is 14.7. The molecule has 1 aliphatic rings. The predicted octanol–water partition coefficient (Wildman–Crippen LogP) is 2.29. The molecule has 0 aromatic carbocycles. The topological polar surface area (TPSA) is 81.4 Å². The zero-order valence-corrected chi connectivity index (χ0v) is 12.2. The molecular weight excluding hydrogens is 284 g/mol. The van der Waals surface area contributed by atoms with Gasteiger partial charge in [-0.25, -0.2) is 4.98 Å². The summed E-state index contributed by atoms with van der Waals surface area (Å²) in [6, 6.07) is 0.162. The van der Waals surface area contributed by atoms with Crippen molar-refractivity contribution < 1.29 is 9.66 Å². The molecule has 8 heteroatoms. The summed E-state index contributed by atoms with van der Waals surface area (Å²) in [6.07, 6.45) is 3.43. The first-order valence-corrected chi connectivity index (χ1v) is 6.85. The Morgan fingerprint density at radius 3 is 2.90 bits per heavy atom. The number of aromatic nitrogens is 2. The second-order valence-electron chi connectivity index (χ2n) is 4.87. The van der Waals surface area contributed by atoms with Crippen LogP contribution in [-0.4, -0.2) is 41.2 Å². The molecule has 1 atom stereocenters. The normalized spacial score (nSPS) is 15.9. The van der Waals surface area contributed by atoms with Gasteiger partial charge in [-0.1, -0.05) is 0 Å². The molecular formula is C12H17ClN4O3. The van der Waals surface area contributed by atoms with Crippen LogP contribution in [0.1, 0.15) is 19.8 Å². The Hall–Kier alpha value is -1.47. The third-order valence-corrected chi connectivity index (χ3v) is 3.70. The van der Waals surface area contributed by atoms with Crippen LogP contribution in [0.15, 0.2) is 6.20 Å². The van der Waals surface area contributed by atoms with Crippen LogP contribution in [0.5, 0.6) is 0 Å². The van der Waals surface area contributed by atoms with E-state index in [0.717, 1.165) is 19.0 Å². The molecule has 0 radical (unpaired) electrons. The van der Waals surface area contributed by atoms with Crippen LogP contribution >= 0.6 is 11.6 Å². The summed E-state index contributed by atoms with van der Waals surface area (Å²) in [7, 11) is 1.60. The molecule has 0 saturated heterocycles. The van der Waals surface area contributed by atoms with Crippen LogP contribution in [0, 0.1) is 16.0 Å². The lowest BCUT2D eigenvalue weighted by Gasteiger charge is -2.29. The number of hydrogen-bond acceptors (Lipinski definition) is 6. The monoisotopic (exact) mass is 300 g/mol. The molecule has 110 valence electrons. The second-order valence-corrected chi connectivity index (χ2v) is 5.21. The van der Waals surface area contributed by atoms with Gasteiger partial charge in [0.1, 0.15) is 6.20 Å². The van der Waals surface area contributed by atoms with Crippen LogP contribution in [0.25, 0.3) is 0 Å². The minimum Gasteiger partial charge on any atom is -0.383 e. The first-order chi connectivity index (χ1) is 9.54. The van der Waals surface area contributed by atoms with Crippen molar-refractivity contribution in [3.8, 4) is 0 Å². The minimum absolute atomic E-state index is 0.0102. The van der Waals surface area contributed by atoms with Gasteiger partial charge in [0.05, 0.1) is 11.5 Å². The maximum Gasteiger partial charge on any atom is 0.329 e. The Bertz CT molecular complexity index is 496. The summed E-state index contributed by atoms with van der Waals surface area (Å²) >= 11 is 5.80. The largest absolute Gasteiger partial charge is 0.383 e. The van der Waals surface area contributed by atoms with E-state index in [1.807, 2.05) is 11.8 Å². The Kier molecular flexibility index (Phi) is 4.72. The summed E-state index contributed by atoms with van der Waals surface area (Å²) in [5.74, 6) is 0.812. The lowest BCUT2D eigenvalue weighted by molar-refractivity contribution is -0.384. The second kappa shape index (κ2) is 6.32. The maximum atomic E-state index is 11.1. The fourth-order valence-corrected chi connectivity index (χ4v) is 2.34. The third kappa shape index (κ3) is 3.34. The minimum atomic E-state index is -0.481. The van der Waals surface area contributed by atoms with Gasteiger partial charge in [-0.3, -0.25) is 10.1 Å². The van der Waals surface area contributed by atoms with Crippen molar-refractivity contribution in [2.24, 2.45) is 5.92 Å². The van der Waals surface area contributed by atoms with Crippen LogP contribution in [0.2, 0.25) is 5.28 Å². The smallest absolute Gasteiger partial charge is 0.329 e. The van der Waals surface area contributed by atoms with E-state index in [1.165, 1.54) is 0 Å². The molecule has 1 unspecified atom stereocenters. The molecule has 0 N–H and O–H groups in total. The molecule has 1 aromatic heterocycles. The number of methoxy groups -OCH3 is 1. The molecule has 1 fully saturated rings. The van der Waals surface area contributed by atoms with Crippen LogP contribution in [0.3, 0.4) is 0 Å². The number of anilines is 1. The van der Waals surface area contributed by atoms with Gasteiger partial charge >= 0.3 is 5.69 Å². The van der Waals surface area contributed by atoms with Gasteiger partial charge in [-0.15, -0.1) is 0 Å². The Morgan fingerprint density at radius 1 is 1.65 bits per heavy atom. The molecule has 0 spiro atoms. The summed E-state index contributed by atoms with van der Waals surface area (Å²) in [5, 5.41) is 11.2. The summed E-state index contributed by atoms with van der Waals surface area (Å²) in [6.45, 7) is 3.05. The average molecular weight is 301 g/mol. The van der Waals surface area contributed by atoms with Crippen LogP contribution in [0.4, 0.5) is 11.5 Å². The van der Waals surface area contributed by atoms with E-state index in [-0.39, 0.29) is 22.8 Å². The van der Waals surface area contributed by atoms with E-state index in [0.29, 0.717) is 19.1 Å². The van der Waals surface area contributed by atoms with Crippen molar-refractivity contribution >= 4 is 23.1 Å². The molecule has 20 heavy (non-hydrogen) atoms. The van der Waals surface area contributed by atoms with Crippen LogP contribution in [-0.2, 0) is 4.74 Å². The van der Waals surface area contributed by atoms with Crippen molar-refractivity contribution in [2.45, 2.75) is 25.8 Å². The van der Waals surface area contributed by atoms with Crippen molar-refractivity contribution in [3.05, 3.63) is 21.6 Å². The van der Waals surface area contributed by atoms with E-state index in [1.54, 1.807) is 7.11 Å². The lowest BCUT2D eigenvalue weighted by Crippen LogP contribution is -2.38. The highest BCUT2D eigenvalue weighted by molar-refractivity contribution is 6.28. The number of halogens is 1. The first kappa shape index (κ1) is 14.9. The third-order valence-electron chi connectivity index (χ3n) is 3.52. The molecule has 1 aromatic rings. The first-order valence-electron chi connectivity index (χ1n) is 6.47. The standard InChI is InChI=1S/C12H17ClN4O3/c1-8(9-3-4-9)16(5-6-20-2)11-10(17(18)19)7-14-12(13)15-11/h7-9H,3-6H2,1-2H3. The number of ether oxygens (including phenoxy) is 1. The van der Waals surface area contributed by atoms with E-state index < -0.39 is 4.92 Å². The van der Waals surface area contributed by atoms with Crippen molar-refractivity contribution in [1.29, 1.82) is 0 Å². The fourth-order valence-electron chi connectivity index (χ4n) is 2.21.